The summed E-state index contributed by atoms with van der Waals surface area (Å²) in [6, 6.07) is 0. The van der Waals surface area contributed by atoms with E-state index in [1.807, 2.05) is 0 Å². The van der Waals surface area contributed by atoms with Crippen molar-refractivity contribution in [3.8, 4) is 0 Å². The standard InChI is InChI=1S/C4H8NO3PS/c1-4(6)5-9(7)8-2-3-10-9/h2-3H2,1H3,(H,5,6,7). The van der Waals surface area contributed by atoms with Crippen molar-refractivity contribution in [2.75, 3.05) is 12.4 Å². The molecule has 0 bridgehead atoms. The van der Waals surface area contributed by atoms with Gasteiger partial charge in [0.05, 0.1) is 17.1 Å². The van der Waals surface area contributed by atoms with Gasteiger partial charge in [0.15, 0.2) is 0 Å². The summed E-state index contributed by atoms with van der Waals surface area (Å²) in [6.45, 7) is 1.78. The lowest BCUT2D eigenvalue weighted by atomic mass is 10.8. The van der Waals surface area contributed by atoms with Crippen molar-refractivity contribution in [1.82, 2.24) is 5.09 Å². The van der Waals surface area contributed by atoms with E-state index in [0.29, 0.717) is 12.4 Å². The van der Waals surface area contributed by atoms with E-state index in [4.69, 9.17) is 4.52 Å². The molecule has 0 aromatic carbocycles. The Hall–Kier alpha value is 0.170. The average Bonchev–Trinajstić information content (AvgIpc) is 2.12. The van der Waals surface area contributed by atoms with Gasteiger partial charge >= 0.3 is 0 Å². The van der Waals surface area contributed by atoms with Gasteiger partial charge in [0.1, 0.15) is 6.61 Å². The number of carbonyl (C=O) groups is 1. The Labute approximate surface area is 63.6 Å². The van der Waals surface area contributed by atoms with Crippen molar-refractivity contribution in [2.24, 2.45) is 0 Å². The van der Waals surface area contributed by atoms with E-state index in [2.05, 4.69) is 5.09 Å². The average molecular weight is 181 g/mol. The molecule has 1 aliphatic rings. The van der Waals surface area contributed by atoms with Gasteiger partial charge < -0.3 is 4.89 Å². The summed E-state index contributed by atoms with van der Waals surface area (Å²) in [5, 5.41) is 2.28. The lowest BCUT2D eigenvalue weighted by Gasteiger charge is -2.19. The third-order valence-corrected chi connectivity index (χ3v) is 4.86. The molecule has 0 aromatic rings. The lowest BCUT2D eigenvalue weighted by Crippen LogP contribution is -2.26. The molecule has 1 heterocycles. The highest BCUT2D eigenvalue weighted by molar-refractivity contribution is 8.58. The third-order valence-electron chi connectivity index (χ3n) is 0.900. The monoisotopic (exact) mass is 181 g/mol. The van der Waals surface area contributed by atoms with E-state index in [1.165, 1.54) is 18.3 Å². The van der Waals surface area contributed by atoms with Crippen LogP contribution < -0.4 is 9.98 Å². The normalized spacial score (nSPS) is 32.2. The van der Waals surface area contributed by atoms with Gasteiger partial charge in [0.25, 0.3) is 13.0 Å². The summed E-state index contributed by atoms with van der Waals surface area (Å²) in [4.78, 5) is 21.7. The Morgan fingerprint density at radius 3 is 3.00 bits per heavy atom. The number of nitrogens with one attached hydrogen (secondary N) is 1. The largest absolute Gasteiger partial charge is 0.627 e. The van der Waals surface area contributed by atoms with Crippen molar-refractivity contribution < 1.29 is 14.2 Å². The number of hydrogen-bond donors (Lipinski definition) is 1. The van der Waals surface area contributed by atoms with Crippen LogP contribution in [0, 0.1) is 0 Å². The summed E-state index contributed by atoms with van der Waals surface area (Å²) < 4.78 is 4.84. The third kappa shape index (κ3) is 2.09. The maximum atomic E-state index is 11.2. The second-order valence-electron chi connectivity index (χ2n) is 1.83. The van der Waals surface area contributed by atoms with Crippen molar-refractivity contribution >= 4 is 24.4 Å². The van der Waals surface area contributed by atoms with Crippen LogP contribution in [0.2, 0.25) is 0 Å². The van der Waals surface area contributed by atoms with E-state index < -0.39 is 7.07 Å². The quantitative estimate of drug-likeness (QED) is 0.575. The van der Waals surface area contributed by atoms with E-state index in [9.17, 15) is 9.69 Å². The molecule has 10 heavy (non-hydrogen) atoms. The van der Waals surface area contributed by atoms with Gasteiger partial charge in [-0.3, -0.25) is 4.79 Å². The van der Waals surface area contributed by atoms with Crippen molar-refractivity contribution in [2.45, 2.75) is 6.92 Å². The number of hydrogen-bond acceptors (Lipinski definition) is 4. The minimum absolute atomic E-state index is 0.308. The number of carbonyl (C=O) groups excluding carboxylic acids is 1. The Morgan fingerprint density at radius 2 is 2.60 bits per heavy atom. The molecule has 0 radical (unpaired) electrons. The Bertz CT molecular complexity index is 147. The summed E-state index contributed by atoms with van der Waals surface area (Å²) in [6.07, 6.45) is 0. The van der Waals surface area contributed by atoms with E-state index in [1.54, 1.807) is 0 Å². The molecule has 1 amide bonds. The maximum absolute atomic E-state index is 11.2. The SMILES string of the molecule is CC(=O)N[P+]1([O-])OCCS1. The molecule has 6 heteroatoms. The highest BCUT2D eigenvalue weighted by atomic mass is 32.7. The van der Waals surface area contributed by atoms with Crippen LogP contribution in [0.25, 0.3) is 0 Å². The molecular weight excluding hydrogens is 173 g/mol. The first-order valence-corrected chi connectivity index (χ1v) is 6.02. The molecule has 1 aliphatic heterocycles. The van der Waals surface area contributed by atoms with Gasteiger partial charge in [0, 0.05) is 6.92 Å². The Morgan fingerprint density at radius 1 is 1.90 bits per heavy atom. The first-order valence-electron chi connectivity index (χ1n) is 2.80. The molecule has 58 valence electrons. The van der Waals surface area contributed by atoms with E-state index in [-0.39, 0.29) is 5.91 Å². The van der Waals surface area contributed by atoms with Crippen LogP contribution in [0.5, 0.6) is 0 Å². The van der Waals surface area contributed by atoms with Crippen LogP contribution in [-0.4, -0.2) is 18.3 Å². The molecule has 0 aromatic heterocycles. The van der Waals surface area contributed by atoms with Crippen LogP contribution in [0.4, 0.5) is 0 Å². The van der Waals surface area contributed by atoms with Crippen LogP contribution in [0.3, 0.4) is 0 Å². The molecule has 1 N–H and O–H groups in total. The minimum Gasteiger partial charge on any atom is -0.627 e. The lowest BCUT2D eigenvalue weighted by molar-refractivity contribution is -0.186. The van der Waals surface area contributed by atoms with Crippen LogP contribution in [0.15, 0.2) is 0 Å². The smallest absolute Gasteiger partial charge is 0.259 e. The molecule has 0 aliphatic carbocycles. The second kappa shape index (κ2) is 3.05. The molecule has 1 rings (SSSR count). The zero-order valence-corrected chi connectivity index (χ0v) is 7.21. The van der Waals surface area contributed by atoms with Crippen molar-refractivity contribution in [1.29, 1.82) is 0 Å². The highest BCUT2D eigenvalue weighted by Crippen LogP contribution is 2.63. The first kappa shape index (κ1) is 8.27. The van der Waals surface area contributed by atoms with Crippen molar-refractivity contribution in [3.63, 3.8) is 0 Å². The Balaban J connectivity index is 2.43. The van der Waals surface area contributed by atoms with Gasteiger partial charge in [-0.15, -0.1) is 0 Å². The molecule has 1 atom stereocenters. The second-order valence-corrected chi connectivity index (χ2v) is 6.19. The van der Waals surface area contributed by atoms with E-state index >= 15 is 0 Å². The highest BCUT2D eigenvalue weighted by Gasteiger charge is 2.36. The maximum Gasteiger partial charge on any atom is 0.259 e. The first-order chi connectivity index (χ1) is 4.62. The van der Waals surface area contributed by atoms with Gasteiger partial charge in [0.2, 0.25) is 0 Å². The molecule has 1 saturated heterocycles. The zero-order chi connectivity index (χ0) is 7.61. The number of amides is 1. The Kier molecular flexibility index (Phi) is 2.52. The van der Waals surface area contributed by atoms with Crippen LogP contribution >= 0.6 is 18.5 Å². The minimum atomic E-state index is -2.81. The molecular formula is C4H8NO3PS. The topological polar surface area (TPSA) is 61.4 Å². The fourth-order valence-electron chi connectivity index (χ4n) is 0.610. The summed E-state index contributed by atoms with van der Waals surface area (Å²) >= 11 is 1.17. The van der Waals surface area contributed by atoms with E-state index in [0.717, 1.165) is 0 Å². The molecule has 1 fully saturated rings. The fraction of sp³-hybridized carbons (Fsp3) is 0.750. The van der Waals surface area contributed by atoms with Crippen LogP contribution in [-0.2, 0) is 9.32 Å². The number of rotatable bonds is 1. The molecule has 4 nitrogen and oxygen atoms in total. The van der Waals surface area contributed by atoms with Gasteiger partial charge in [-0.1, -0.05) is 0 Å². The zero-order valence-electron chi connectivity index (χ0n) is 5.49. The van der Waals surface area contributed by atoms with Gasteiger partial charge in [-0.2, -0.15) is 5.09 Å². The predicted octanol–water partition coefficient (Wildman–Crippen LogP) is -0.0762. The molecule has 1 unspecified atom stereocenters. The predicted molar refractivity (Wildman–Crippen MR) is 39.1 cm³/mol. The van der Waals surface area contributed by atoms with Gasteiger partial charge in [-0.25, -0.2) is 4.52 Å². The molecule has 0 spiro atoms. The summed E-state index contributed by atoms with van der Waals surface area (Å²) in [7, 11) is -2.81. The van der Waals surface area contributed by atoms with Crippen molar-refractivity contribution in [3.05, 3.63) is 0 Å². The molecule has 0 saturated carbocycles. The van der Waals surface area contributed by atoms with Gasteiger partial charge in [-0.05, 0) is 0 Å². The summed E-state index contributed by atoms with van der Waals surface area (Å²) in [5.74, 6) is 0.384. The van der Waals surface area contributed by atoms with Crippen LogP contribution in [0.1, 0.15) is 6.92 Å². The fourth-order valence-corrected chi connectivity index (χ4v) is 4.02. The summed E-state index contributed by atoms with van der Waals surface area (Å²) in [5.41, 5.74) is 0.